The average molecular weight is 249 g/mol. The van der Waals surface area contributed by atoms with Gasteiger partial charge in [0.15, 0.2) is 0 Å². The molecule has 0 radical (unpaired) electrons. The fraction of sp³-hybridized carbons (Fsp3) is 0.643. The van der Waals surface area contributed by atoms with Gasteiger partial charge in [-0.05, 0) is 44.8 Å². The molecule has 3 N–H and O–H groups in total. The second kappa shape index (κ2) is 5.67. The Hall–Kier alpha value is -1.13. The van der Waals surface area contributed by atoms with Crippen molar-refractivity contribution < 1.29 is 5.11 Å². The number of aliphatic hydroxyl groups is 1. The molecule has 0 aromatic carbocycles. The lowest BCUT2D eigenvalue weighted by Gasteiger charge is -2.28. The first-order valence-electron chi connectivity index (χ1n) is 6.81. The van der Waals surface area contributed by atoms with Gasteiger partial charge in [-0.3, -0.25) is 0 Å². The molecule has 0 saturated carbocycles. The lowest BCUT2D eigenvalue weighted by atomic mass is 9.87. The normalized spacial score (nSPS) is 25.9. The van der Waals surface area contributed by atoms with Gasteiger partial charge in [-0.15, -0.1) is 0 Å². The molecule has 4 nitrogen and oxygen atoms in total. The Labute approximate surface area is 109 Å². The number of hydrogen-bond donors (Lipinski definition) is 2. The van der Waals surface area contributed by atoms with Gasteiger partial charge in [-0.25, -0.2) is 4.98 Å². The van der Waals surface area contributed by atoms with Crippen molar-refractivity contribution in [2.75, 3.05) is 25.4 Å². The van der Waals surface area contributed by atoms with Crippen LogP contribution in [0.2, 0.25) is 0 Å². The van der Waals surface area contributed by atoms with E-state index in [-0.39, 0.29) is 0 Å². The summed E-state index contributed by atoms with van der Waals surface area (Å²) in [5.74, 6) is 0.462. The zero-order chi connectivity index (χ0) is 13.0. The first-order valence-corrected chi connectivity index (χ1v) is 6.81. The van der Waals surface area contributed by atoms with Gasteiger partial charge < -0.3 is 15.7 Å². The minimum atomic E-state index is -0.805. The summed E-state index contributed by atoms with van der Waals surface area (Å²) in [6, 6.07) is 3.75. The number of likely N-dealkylation sites (tertiary alicyclic amines) is 1. The SMILES string of the molecule is CCCN1CCCC(O)(c2cccnc2N)CC1. The lowest BCUT2D eigenvalue weighted by Crippen LogP contribution is -2.30. The monoisotopic (exact) mass is 249 g/mol. The van der Waals surface area contributed by atoms with E-state index in [0.29, 0.717) is 5.82 Å². The number of rotatable bonds is 3. The summed E-state index contributed by atoms with van der Waals surface area (Å²) in [4.78, 5) is 6.51. The van der Waals surface area contributed by atoms with Gasteiger partial charge in [0, 0.05) is 18.3 Å². The minimum absolute atomic E-state index is 0.462. The van der Waals surface area contributed by atoms with E-state index in [2.05, 4.69) is 16.8 Å². The molecule has 0 spiro atoms. The Kier molecular flexibility index (Phi) is 4.19. The molecule has 4 heteroatoms. The molecule has 1 aliphatic heterocycles. The van der Waals surface area contributed by atoms with Crippen LogP contribution in [0.4, 0.5) is 5.82 Å². The fourth-order valence-electron chi connectivity index (χ4n) is 2.80. The highest BCUT2D eigenvalue weighted by molar-refractivity contribution is 5.42. The molecule has 0 aliphatic carbocycles. The Morgan fingerprint density at radius 1 is 1.44 bits per heavy atom. The number of nitrogen functional groups attached to an aromatic ring is 1. The van der Waals surface area contributed by atoms with E-state index in [4.69, 9.17) is 5.73 Å². The number of pyridine rings is 1. The second-order valence-electron chi connectivity index (χ2n) is 5.16. The molecule has 2 heterocycles. The number of aromatic nitrogens is 1. The van der Waals surface area contributed by atoms with Gasteiger partial charge in [0.25, 0.3) is 0 Å². The molecular formula is C14H23N3O. The average Bonchev–Trinajstić information content (AvgIpc) is 2.54. The van der Waals surface area contributed by atoms with Gasteiger partial charge in [0.2, 0.25) is 0 Å². The predicted molar refractivity (Wildman–Crippen MR) is 73.1 cm³/mol. The number of nitrogens with two attached hydrogens (primary N) is 1. The first kappa shape index (κ1) is 13.3. The summed E-state index contributed by atoms with van der Waals surface area (Å²) in [7, 11) is 0. The smallest absolute Gasteiger partial charge is 0.129 e. The van der Waals surface area contributed by atoms with Crippen molar-refractivity contribution in [1.29, 1.82) is 0 Å². The van der Waals surface area contributed by atoms with E-state index in [1.54, 1.807) is 6.20 Å². The van der Waals surface area contributed by atoms with Crippen LogP contribution in [0, 0.1) is 0 Å². The molecule has 0 amide bonds. The molecule has 18 heavy (non-hydrogen) atoms. The van der Waals surface area contributed by atoms with E-state index in [1.807, 2.05) is 12.1 Å². The Balaban J connectivity index is 2.14. The van der Waals surface area contributed by atoms with Crippen LogP contribution in [0.3, 0.4) is 0 Å². The first-order chi connectivity index (χ1) is 8.65. The maximum Gasteiger partial charge on any atom is 0.129 e. The van der Waals surface area contributed by atoms with Crippen molar-refractivity contribution in [2.24, 2.45) is 0 Å². The summed E-state index contributed by atoms with van der Waals surface area (Å²) in [5.41, 5.74) is 5.89. The molecule has 100 valence electrons. The van der Waals surface area contributed by atoms with Crippen LogP contribution in [0.25, 0.3) is 0 Å². The summed E-state index contributed by atoms with van der Waals surface area (Å²) < 4.78 is 0. The van der Waals surface area contributed by atoms with Crippen molar-refractivity contribution in [3.63, 3.8) is 0 Å². The molecule has 1 fully saturated rings. The summed E-state index contributed by atoms with van der Waals surface area (Å²) in [5, 5.41) is 10.8. The number of anilines is 1. The quantitative estimate of drug-likeness (QED) is 0.856. The van der Waals surface area contributed by atoms with Crippen LogP contribution in [-0.2, 0) is 5.60 Å². The van der Waals surface area contributed by atoms with Crippen LogP contribution in [0.1, 0.15) is 38.2 Å². The topological polar surface area (TPSA) is 62.4 Å². The van der Waals surface area contributed by atoms with Crippen LogP contribution >= 0.6 is 0 Å². The largest absolute Gasteiger partial charge is 0.385 e. The van der Waals surface area contributed by atoms with Gasteiger partial charge >= 0.3 is 0 Å². The van der Waals surface area contributed by atoms with Gasteiger partial charge in [0.05, 0.1) is 5.60 Å². The standard InChI is InChI=1S/C14H23N3O/c1-2-9-17-10-4-6-14(18,7-11-17)12-5-3-8-16-13(12)15/h3,5,8,18H,2,4,6-7,9-11H2,1H3,(H2,15,16). The lowest BCUT2D eigenvalue weighted by molar-refractivity contribution is 0.0217. The maximum atomic E-state index is 10.8. The van der Waals surface area contributed by atoms with Gasteiger partial charge in [-0.2, -0.15) is 0 Å². The highest BCUT2D eigenvalue weighted by Crippen LogP contribution is 2.35. The van der Waals surface area contributed by atoms with E-state index in [9.17, 15) is 5.11 Å². The second-order valence-corrected chi connectivity index (χ2v) is 5.16. The molecular weight excluding hydrogens is 226 g/mol. The Bertz CT molecular complexity index is 396. The molecule has 2 rings (SSSR count). The molecule has 1 saturated heterocycles. The van der Waals surface area contributed by atoms with Crippen molar-refractivity contribution in [3.05, 3.63) is 23.9 Å². The van der Waals surface area contributed by atoms with Gasteiger partial charge in [0.1, 0.15) is 5.82 Å². The van der Waals surface area contributed by atoms with Crippen molar-refractivity contribution >= 4 is 5.82 Å². The molecule has 1 unspecified atom stereocenters. The molecule has 1 aliphatic rings. The van der Waals surface area contributed by atoms with E-state index in [0.717, 1.165) is 50.9 Å². The summed E-state index contributed by atoms with van der Waals surface area (Å²) in [6.45, 7) is 5.30. The van der Waals surface area contributed by atoms with Crippen LogP contribution in [0.5, 0.6) is 0 Å². The molecule has 0 bridgehead atoms. The van der Waals surface area contributed by atoms with E-state index < -0.39 is 5.60 Å². The van der Waals surface area contributed by atoms with E-state index >= 15 is 0 Å². The zero-order valence-electron chi connectivity index (χ0n) is 11.1. The maximum absolute atomic E-state index is 10.8. The Morgan fingerprint density at radius 3 is 3.00 bits per heavy atom. The predicted octanol–water partition coefficient (Wildman–Crippen LogP) is 1.75. The van der Waals surface area contributed by atoms with Crippen LogP contribution in [-0.4, -0.2) is 34.6 Å². The van der Waals surface area contributed by atoms with Crippen molar-refractivity contribution in [2.45, 2.75) is 38.2 Å². The summed E-state index contributed by atoms with van der Waals surface area (Å²) in [6.07, 6.45) is 5.34. The highest BCUT2D eigenvalue weighted by atomic mass is 16.3. The van der Waals surface area contributed by atoms with E-state index in [1.165, 1.54) is 0 Å². The highest BCUT2D eigenvalue weighted by Gasteiger charge is 2.33. The summed E-state index contributed by atoms with van der Waals surface area (Å²) >= 11 is 0. The fourth-order valence-corrected chi connectivity index (χ4v) is 2.80. The van der Waals surface area contributed by atoms with Crippen LogP contribution < -0.4 is 5.73 Å². The molecule has 1 aromatic rings. The zero-order valence-corrected chi connectivity index (χ0v) is 11.1. The number of nitrogens with zero attached hydrogens (tertiary/aromatic N) is 2. The number of hydrogen-bond acceptors (Lipinski definition) is 4. The van der Waals surface area contributed by atoms with Crippen LogP contribution in [0.15, 0.2) is 18.3 Å². The third kappa shape index (κ3) is 2.82. The molecule has 1 atom stereocenters. The van der Waals surface area contributed by atoms with Crippen molar-refractivity contribution in [1.82, 2.24) is 9.88 Å². The van der Waals surface area contributed by atoms with Crippen molar-refractivity contribution in [3.8, 4) is 0 Å². The third-order valence-corrected chi connectivity index (χ3v) is 3.79. The Morgan fingerprint density at radius 2 is 2.28 bits per heavy atom. The minimum Gasteiger partial charge on any atom is -0.385 e. The molecule has 1 aromatic heterocycles. The third-order valence-electron chi connectivity index (χ3n) is 3.79. The van der Waals surface area contributed by atoms with Gasteiger partial charge in [-0.1, -0.05) is 13.0 Å².